The van der Waals surface area contributed by atoms with E-state index in [-0.39, 0.29) is 0 Å². The molecule has 84 valence electrons. The number of quaternary nitrogens is 1. The lowest BCUT2D eigenvalue weighted by Crippen LogP contribution is -2.80. The molecule has 0 radical (unpaired) electrons. The van der Waals surface area contributed by atoms with Crippen LogP contribution in [0.3, 0.4) is 0 Å². The molecular formula is C13H15ClNS+. The van der Waals surface area contributed by atoms with Gasteiger partial charge in [-0.3, -0.25) is 0 Å². The highest BCUT2D eigenvalue weighted by molar-refractivity contribution is 7.11. The second-order valence-corrected chi connectivity index (χ2v) is 5.58. The number of benzene rings is 1. The van der Waals surface area contributed by atoms with Gasteiger partial charge in [-0.15, -0.1) is 11.3 Å². The molecule has 3 heteroatoms. The van der Waals surface area contributed by atoms with Crippen molar-refractivity contribution in [2.75, 3.05) is 0 Å². The molecule has 0 unspecified atom stereocenters. The minimum absolute atomic E-state index is 0.862. The lowest BCUT2D eigenvalue weighted by atomic mass is 10.2. The van der Waals surface area contributed by atoms with Crippen LogP contribution in [-0.2, 0) is 13.1 Å². The van der Waals surface area contributed by atoms with Gasteiger partial charge in [-0.1, -0.05) is 29.8 Å². The van der Waals surface area contributed by atoms with E-state index in [0.717, 1.165) is 18.1 Å². The Morgan fingerprint density at radius 1 is 1.12 bits per heavy atom. The van der Waals surface area contributed by atoms with Crippen LogP contribution in [0.5, 0.6) is 0 Å². The van der Waals surface area contributed by atoms with E-state index in [2.05, 4.69) is 30.4 Å². The average Bonchev–Trinajstić information content (AvgIpc) is 2.67. The number of nitrogens with two attached hydrogens (primary N) is 1. The molecule has 0 spiro atoms. The van der Waals surface area contributed by atoms with E-state index in [1.807, 2.05) is 29.5 Å². The summed E-state index contributed by atoms with van der Waals surface area (Å²) in [5, 5.41) is 3.15. The molecular weight excluding hydrogens is 238 g/mol. The molecule has 1 aromatic carbocycles. The fourth-order valence-electron chi connectivity index (χ4n) is 1.63. The molecule has 2 N–H and O–H groups in total. The summed E-state index contributed by atoms with van der Waals surface area (Å²) in [6, 6.07) is 12.4. The van der Waals surface area contributed by atoms with Crippen molar-refractivity contribution in [3.05, 3.63) is 56.7 Å². The largest absolute Gasteiger partial charge is 0.338 e. The van der Waals surface area contributed by atoms with Crippen molar-refractivity contribution >= 4 is 22.9 Å². The van der Waals surface area contributed by atoms with Gasteiger partial charge in [0.1, 0.15) is 13.1 Å². The Morgan fingerprint density at radius 2 is 1.94 bits per heavy atom. The normalized spacial score (nSPS) is 10.6. The average molecular weight is 253 g/mol. The van der Waals surface area contributed by atoms with Gasteiger partial charge in [0.2, 0.25) is 0 Å². The minimum atomic E-state index is 0.862. The topological polar surface area (TPSA) is 16.6 Å². The Morgan fingerprint density at radius 3 is 2.62 bits per heavy atom. The third-order valence-electron chi connectivity index (χ3n) is 2.46. The van der Waals surface area contributed by atoms with Crippen molar-refractivity contribution in [1.82, 2.24) is 0 Å². The van der Waals surface area contributed by atoms with Crippen molar-refractivity contribution in [1.29, 1.82) is 0 Å². The standard InChI is InChI=1S/C13H14ClNS/c1-10-6-7-12(16-10)9-15-8-11-4-2-3-5-13(11)14/h2-7,15H,8-9H2,1H3/p+1. The number of hydrogen-bond donors (Lipinski definition) is 1. The van der Waals surface area contributed by atoms with Gasteiger partial charge in [-0.05, 0) is 25.1 Å². The lowest BCUT2D eigenvalue weighted by molar-refractivity contribution is -0.685. The zero-order valence-electron chi connectivity index (χ0n) is 9.24. The van der Waals surface area contributed by atoms with Crippen molar-refractivity contribution < 1.29 is 5.32 Å². The van der Waals surface area contributed by atoms with Crippen LogP contribution in [-0.4, -0.2) is 0 Å². The zero-order valence-corrected chi connectivity index (χ0v) is 10.8. The molecule has 16 heavy (non-hydrogen) atoms. The third-order valence-corrected chi connectivity index (χ3v) is 3.86. The summed E-state index contributed by atoms with van der Waals surface area (Å²) in [5.74, 6) is 0. The van der Waals surface area contributed by atoms with Gasteiger partial charge in [0.05, 0.1) is 4.88 Å². The second-order valence-electron chi connectivity index (χ2n) is 3.80. The molecule has 2 aromatic rings. The van der Waals surface area contributed by atoms with Gasteiger partial charge in [0.25, 0.3) is 0 Å². The van der Waals surface area contributed by atoms with Crippen LogP contribution in [0.25, 0.3) is 0 Å². The molecule has 0 fully saturated rings. The summed E-state index contributed by atoms with van der Waals surface area (Å²) in [5.41, 5.74) is 1.21. The van der Waals surface area contributed by atoms with Crippen LogP contribution in [0, 0.1) is 6.92 Å². The predicted molar refractivity (Wildman–Crippen MR) is 69.8 cm³/mol. The first kappa shape index (κ1) is 11.6. The van der Waals surface area contributed by atoms with Crippen LogP contribution in [0.2, 0.25) is 5.02 Å². The molecule has 2 rings (SSSR count). The maximum Gasteiger partial charge on any atom is 0.111 e. The first-order valence-electron chi connectivity index (χ1n) is 5.36. The predicted octanol–water partition coefficient (Wildman–Crippen LogP) is 2.97. The number of thiophene rings is 1. The van der Waals surface area contributed by atoms with Gasteiger partial charge in [0.15, 0.2) is 0 Å². The summed E-state index contributed by atoms with van der Waals surface area (Å²) in [4.78, 5) is 2.80. The number of hydrogen-bond acceptors (Lipinski definition) is 1. The van der Waals surface area contributed by atoms with Gasteiger partial charge in [-0.25, -0.2) is 0 Å². The van der Waals surface area contributed by atoms with Crippen molar-refractivity contribution in [3.63, 3.8) is 0 Å². The van der Waals surface area contributed by atoms with Crippen LogP contribution in [0.15, 0.2) is 36.4 Å². The van der Waals surface area contributed by atoms with E-state index < -0.39 is 0 Å². The van der Waals surface area contributed by atoms with E-state index in [1.165, 1.54) is 15.3 Å². The Hall–Kier alpha value is -0.830. The van der Waals surface area contributed by atoms with Crippen LogP contribution in [0.4, 0.5) is 0 Å². The number of rotatable bonds is 4. The Bertz CT molecular complexity index is 464. The number of halogens is 1. The lowest BCUT2D eigenvalue weighted by Gasteiger charge is -2.02. The number of aryl methyl sites for hydroxylation is 1. The Kier molecular flexibility index (Phi) is 3.99. The highest BCUT2D eigenvalue weighted by Gasteiger charge is 2.02. The van der Waals surface area contributed by atoms with E-state index >= 15 is 0 Å². The maximum absolute atomic E-state index is 6.09. The van der Waals surface area contributed by atoms with E-state index in [0.29, 0.717) is 0 Å². The molecule has 1 nitrogen and oxygen atoms in total. The highest BCUT2D eigenvalue weighted by Crippen LogP contribution is 2.14. The third kappa shape index (κ3) is 3.08. The van der Waals surface area contributed by atoms with E-state index in [9.17, 15) is 0 Å². The maximum atomic E-state index is 6.09. The molecule has 0 bridgehead atoms. The molecule has 0 aliphatic heterocycles. The highest BCUT2D eigenvalue weighted by atomic mass is 35.5. The van der Waals surface area contributed by atoms with E-state index in [1.54, 1.807) is 0 Å². The van der Waals surface area contributed by atoms with Crippen molar-refractivity contribution in [3.8, 4) is 0 Å². The molecule has 1 aromatic heterocycles. The minimum Gasteiger partial charge on any atom is -0.338 e. The fourth-order valence-corrected chi connectivity index (χ4v) is 2.73. The first-order chi connectivity index (χ1) is 7.75. The van der Waals surface area contributed by atoms with Gasteiger partial charge in [-0.2, -0.15) is 0 Å². The SMILES string of the molecule is Cc1ccc(C[NH2+]Cc2ccccc2Cl)s1. The molecule has 0 saturated heterocycles. The van der Waals surface area contributed by atoms with Gasteiger partial charge >= 0.3 is 0 Å². The summed E-state index contributed by atoms with van der Waals surface area (Å²) in [6.07, 6.45) is 0. The van der Waals surface area contributed by atoms with Gasteiger partial charge in [0, 0.05) is 15.5 Å². The first-order valence-corrected chi connectivity index (χ1v) is 6.55. The monoisotopic (exact) mass is 252 g/mol. The van der Waals surface area contributed by atoms with Crippen molar-refractivity contribution in [2.45, 2.75) is 20.0 Å². The van der Waals surface area contributed by atoms with Crippen LogP contribution < -0.4 is 5.32 Å². The van der Waals surface area contributed by atoms with Crippen molar-refractivity contribution in [2.24, 2.45) is 0 Å². The quantitative estimate of drug-likeness (QED) is 0.862. The van der Waals surface area contributed by atoms with Gasteiger partial charge < -0.3 is 5.32 Å². The summed E-state index contributed by atoms with van der Waals surface area (Å²) in [6.45, 7) is 4.11. The molecule has 0 aliphatic carbocycles. The second kappa shape index (κ2) is 5.48. The summed E-state index contributed by atoms with van der Waals surface area (Å²) in [7, 11) is 0. The van der Waals surface area contributed by atoms with Crippen LogP contribution in [0.1, 0.15) is 15.3 Å². The molecule has 0 atom stereocenters. The molecule has 0 amide bonds. The summed E-state index contributed by atoms with van der Waals surface area (Å²) < 4.78 is 0. The molecule has 0 saturated carbocycles. The molecule has 0 aliphatic rings. The van der Waals surface area contributed by atoms with E-state index in [4.69, 9.17) is 11.6 Å². The van der Waals surface area contributed by atoms with Crippen LogP contribution >= 0.6 is 22.9 Å². The Labute approximate surface area is 105 Å². The summed E-state index contributed by atoms with van der Waals surface area (Å²) >= 11 is 7.96. The smallest absolute Gasteiger partial charge is 0.111 e. The Balaban J connectivity index is 1.87. The zero-order chi connectivity index (χ0) is 11.4. The fraction of sp³-hybridized carbons (Fsp3) is 0.231. The molecule has 1 heterocycles.